The maximum atomic E-state index is 13.1. The van der Waals surface area contributed by atoms with Crippen molar-refractivity contribution >= 4 is 34.1 Å². The molecule has 3 heterocycles. The van der Waals surface area contributed by atoms with Crippen molar-refractivity contribution in [2.75, 3.05) is 6.54 Å². The Balaban J connectivity index is 1.46. The topological polar surface area (TPSA) is 38.1 Å². The summed E-state index contributed by atoms with van der Waals surface area (Å²) in [5.41, 5.74) is 0.631. The van der Waals surface area contributed by atoms with Gasteiger partial charge in [0.15, 0.2) is 0 Å². The van der Waals surface area contributed by atoms with Gasteiger partial charge in [0.25, 0.3) is 5.56 Å². The first kappa shape index (κ1) is 21.7. The van der Waals surface area contributed by atoms with E-state index in [4.69, 9.17) is 28.2 Å². The highest BCUT2D eigenvalue weighted by molar-refractivity contribution is 6.42. The Morgan fingerprint density at radius 3 is 2.47 bits per heavy atom. The van der Waals surface area contributed by atoms with Crippen LogP contribution in [-0.4, -0.2) is 27.0 Å². The number of benzene rings is 2. The van der Waals surface area contributed by atoms with E-state index in [9.17, 15) is 18.0 Å². The van der Waals surface area contributed by atoms with Gasteiger partial charge in [-0.1, -0.05) is 35.3 Å². The van der Waals surface area contributed by atoms with Gasteiger partial charge in [-0.05, 0) is 55.6 Å². The molecule has 168 valence electrons. The van der Waals surface area contributed by atoms with Crippen molar-refractivity contribution < 1.29 is 13.2 Å². The zero-order chi connectivity index (χ0) is 22.6. The van der Waals surface area contributed by atoms with Gasteiger partial charge in [0.1, 0.15) is 5.82 Å². The molecule has 0 unspecified atom stereocenters. The molecule has 2 atom stereocenters. The summed E-state index contributed by atoms with van der Waals surface area (Å²) in [6, 6.07) is 8.75. The highest BCUT2D eigenvalue weighted by atomic mass is 35.5. The minimum Gasteiger partial charge on any atom is -0.296 e. The van der Waals surface area contributed by atoms with Crippen LogP contribution in [-0.2, 0) is 19.3 Å². The average molecular weight is 482 g/mol. The first-order chi connectivity index (χ1) is 15.2. The molecular formula is C23H20Cl2F3N3O. The molecule has 0 spiro atoms. The molecule has 0 N–H and O–H groups in total. The van der Waals surface area contributed by atoms with Crippen LogP contribution in [0, 0.1) is 0 Å². The molecule has 4 nitrogen and oxygen atoms in total. The van der Waals surface area contributed by atoms with Gasteiger partial charge < -0.3 is 0 Å². The number of aromatic nitrogens is 2. The fraction of sp³-hybridized carbons (Fsp3) is 0.391. The molecule has 2 aliphatic heterocycles. The molecule has 1 aromatic heterocycles. The third-order valence-electron chi connectivity index (χ3n) is 6.57. The van der Waals surface area contributed by atoms with E-state index in [0.717, 1.165) is 49.3 Å². The van der Waals surface area contributed by atoms with Crippen LogP contribution in [0.25, 0.3) is 10.9 Å². The Kier molecular flexibility index (Phi) is 5.47. The summed E-state index contributed by atoms with van der Waals surface area (Å²) in [6.45, 7) is 1.97. The number of hydrogen-bond donors (Lipinski definition) is 0. The molecule has 5 rings (SSSR count). The minimum atomic E-state index is -4.34. The molecule has 2 aliphatic rings. The molecule has 9 heteroatoms. The fourth-order valence-electron chi connectivity index (χ4n) is 5.04. The van der Waals surface area contributed by atoms with Crippen LogP contribution in [0.1, 0.15) is 42.1 Å². The lowest BCUT2D eigenvalue weighted by molar-refractivity contribution is -0.137. The average Bonchev–Trinajstić information content (AvgIpc) is 2.75. The molecular weight excluding hydrogens is 462 g/mol. The van der Waals surface area contributed by atoms with Crippen LogP contribution >= 0.6 is 23.2 Å². The summed E-state index contributed by atoms with van der Waals surface area (Å²) in [5.74, 6) is 0.841. The zero-order valence-electron chi connectivity index (χ0n) is 17.0. The molecule has 2 aromatic carbocycles. The van der Waals surface area contributed by atoms with Crippen molar-refractivity contribution in [3.8, 4) is 0 Å². The molecule has 0 aliphatic carbocycles. The second-order valence-electron chi connectivity index (χ2n) is 8.48. The maximum absolute atomic E-state index is 13.1. The lowest BCUT2D eigenvalue weighted by Crippen LogP contribution is -2.49. The van der Waals surface area contributed by atoms with E-state index in [2.05, 4.69) is 4.90 Å². The highest BCUT2D eigenvalue weighted by Gasteiger charge is 2.38. The third-order valence-corrected chi connectivity index (χ3v) is 7.29. The summed E-state index contributed by atoms with van der Waals surface area (Å²) in [6.07, 6.45) is -1.71. The fourth-order valence-corrected chi connectivity index (χ4v) is 5.36. The summed E-state index contributed by atoms with van der Waals surface area (Å²) < 4.78 is 40.4. The Labute approximate surface area is 192 Å². The van der Waals surface area contributed by atoms with Crippen molar-refractivity contribution in [3.63, 3.8) is 0 Å². The SMILES string of the molecule is O=c1c2cc(Cl)c(Cl)cc2nc2n1CC[C@@H]1[C@@H]2CCCN1Cc1ccc(C(F)(F)F)cc1. The first-order valence-electron chi connectivity index (χ1n) is 10.5. The van der Waals surface area contributed by atoms with Crippen molar-refractivity contribution in [1.29, 1.82) is 0 Å². The summed E-state index contributed by atoms with van der Waals surface area (Å²) >= 11 is 12.3. The van der Waals surface area contributed by atoms with Crippen LogP contribution in [0.4, 0.5) is 13.2 Å². The molecule has 1 fully saturated rings. The smallest absolute Gasteiger partial charge is 0.296 e. The Morgan fingerprint density at radius 1 is 1.03 bits per heavy atom. The standard InChI is InChI=1S/C23H20Cl2F3N3O/c24-17-10-16-19(11-18(17)25)29-21-15-2-1-8-30(20(15)7-9-31(21)22(16)32)12-13-3-5-14(6-4-13)23(26,27)28/h3-6,10-11,15,20H,1-2,7-9,12H2/t15-,20+/m0/s1. The largest absolute Gasteiger partial charge is 0.416 e. The molecule has 0 amide bonds. The van der Waals surface area contributed by atoms with E-state index in [-0.39, 0.29) is 17.5 Å². The van der Waals surface area contributed by atoms with Gasteiger partial charge in [-0.3, -0.25) is 14.3 Å². The van der Waals surface area contributed by atoms with Crippen LogP contribution in [0.2, 0.25) is 10.0 Å². The van der Waals surface area contributed by atoms with Gasteiger partial charge in [-0.25, -0.2) is 4.98 Å². The van der Waals surface area contributed by atoms with Gasteiger partial charge in [0.05, 0.1) is 26.5 Å². The van der Waals surface area contributed by atoms with Crippen molar-refractivity contribution in [1.82, 2.24) is 14.5 Å². The molecule has 3 aromatic rings. The monoisotopic (exact) mass is 481 g/mol. The first-order valence-corrected chi connectivity index (χ1v) is 11.3. The second-order valence-corrected chi connectivity index (χ2v) is 9.29. The Morgan fingerprint density at radius 2 is 1.75 bits per heavy atom. The maximum Gasteiger partial charge on any atom is 0.416 e. The molecule has 32 heavy (non-hydrogen) atoms. The lowest BCUT2D eigenvalue weighted by atomic mass is 9.83. The van der Waals surface area contributed by atoms with Crippen molar-refractivity contribution in [2.24, 2.45) is 0 Å². The van der Waals surface area contributed by atoms with E-state index in [1.54, 1.807) is 28.8 Å². The van der Waals surface area contributed by atoms with Crippen LogP contribution in [0.3, 0.4) is 0 Å². The van der Waals surface area contributed by atoms with Crippen molar-refractivity contribution in [3.05, 3.63) is 73.7 Å². The number of hydrogen-bond acceptors (Lipinski definition) is 3. The van der Waals surface area contributed by atoms with Crippen LogP contribution in [0.15, 0.2) is 41.2 Å². The van der Waals surface area contributed by atoms with E-state index >= 15 is 0 Å². The molecule has 0 saturated carbocycles. The number of piperidine rings is 1. The molecule has 0 radical (unpaired) electrons. The lowest BCUT2D eigenvalue weighted by Gasteiger charge is -2.44. The van der Waals surface area contributed by atoms with Gasteiger partial charge in [-0.15, -0.1) is 0 Å². The van der Waals surface area contributed by atoms with E-state index in [1.165, 1.54) is 0 Å². The molecule has 1 saturated heterocycles. The summed E-state index contributed by atoms with van der Waals surface area (Å²) in [5, 5.41) is 1.14. The predicted molar refractivity (Wildman–Crippen MR) is 118 cm³/mol. The minimum absolute atomic E-state index is 0.0819. The number of halogens is 5. The predicted octanol–water partition coefficient (Wildman–Crippen LogP) is 5.87. The highest BCUT2D eigenvalue weighted by Crippen LogP contribution is 2.38. The van der Waals surface area contributed by atoms with Gasteiger partial charge in [0, 0.05) is 25.0 Å². The van der Waals surface area contributed by atoms with Crippen LogP contribution in [0.5, 0.6) is 0 Å². The Bertz CT molecular complexity index is 1240. The van der Waals surface area contributed by atoms with E-state index in [1.807, 2.05) is 0 Å². The number of likely N-dealkylation sites (tertiary alicyclic amines) is 1. The van der Waals surface area contributed by atoms with E-state index < -0.39 is 11.7 Å². The van der Waals surface area contributed by atoms with Gasteiger partial charge in [-0.2, -0.15) is 13.2 Å². The normalized spacial score (nSPS) is 21.4. The number of fused-ring (bicyclic) bond motifs is 4. The zero-order valence-corrected chi connectivity index (χ0v) is 18.5. The Hall–Kier alpha value is -2.09. The van der Waals surface area contributed by atoms with Gasteiger partial charge in [0.2, 0.25) is 0 Å². The van der Waals surface area contributed by atoms with Gasteiger partial charge >= 0.3 is 6.18 Å². The molecule has 0 bridgehead atoms. The van der Waals surface area contributed by atoms with Crippen molar-refractivity contribution in [2.45, 2.75) is 50.5 Å². The number of rotatable bonds is 2. The summed E-state index contributed by atoms with van der Waals surface area (Å²) in [7, 11) is 0. The number of nitrogens with zero attached hydrogens (tertiary/aromatic N) is 3. The quantitative estimate of drug-likeness (QED) is 0.459. The number of alkyl halides is 3. The second kappa shape index (κ2) is 8.04. The van der Waals surface area contributed by atoms with Crippen LogP contribution < -0.4 is 5.56 Å². The van der Waals surface area contributed by atoms with E-state index in [0.29, 0.717) is 34.0 Å². The third kappa shape index (κ3) is 3.80. The summed E-state index contributed by atoms with van der Waals surface area (Å²) in [4.78, 5) is 20.2.